The van der Waals surface area contributed by atoms with Gasteiger partial charge in [-0.3, -0.25) is 18.8 Å². The van der Waals surface area contributed by atoms with Gasteiger partial charge in [0.15, 0.2) is 5.65 Å². The molecule has 0 radical (unpaired) electrons. The molecule has 24 heavy (non-hydrogen) atoms. The molecule has 1 aromatic carbocycles. The molecule has 0 spiro atoms. The van der Waals surface area contributed by atoms with E-state index in [4.69, 9.17) is 0 Å². The molecule has 0 saturated carbocycles. The molecule has 7 nitrogen and oxygen atoms in total. The molecular weight excluding hydrogens is 374 g/mol. The number of nitrogens with one attached hydrogen (secondary N) is 1. The fourth-order valence-electron chi connectivity index (χ4n) is 2.48. The van der Waals surface area contributed by atoms with E-state index in [1.54, 1.807) is 7.05 Å². The Morgan fingerprint density at radius 1 is 1.42 bits per heavy atom. The third kappa shape index (κ3) is 3.23. The third-order valence-electron chi connectivity index (χ3n) is 3.76. The van der Waals surface area contributed by atoms with Crippen LogP contribution in [0.4, 0.5) is 0 Å². The number of nitrogens with zero attached hydrogens (tertiary/aromatic N) is 4. The van der Waals surface area contributed by atoms with Crippen LogP contribution in [-0.2, 0) is 18.4 Å². The van der Waals surface area contributed by atoms with Gasteiger partial charge in [0.1, 0.15) is 18.3 Å². The van der Waals surface area contributed by atoms with E-state index in [2.05, 4.69) is 31.3 Å². The molecule has 1 unspecified atom stereocenters. The Kier molecular flexibility index (Phi) is 4.48. The third-order valence-corrected chi connectivity index (χ3v) is 4.25. The van der Waals surface area contributed by atoms with Crippen LogP contribution in [0.2, 0.25) is 0 Å². The van der Waals surface area contributed by atoms with Crippen LogP contribution >= 0.6 is 15.9 Å². The van der Waals surface area contributed by atoms with E-state index in [9.17, 15) is 9.59 Å². The molecule has 1 amide bonds. The second-order valence-electron chi connectivity index (χ2n) is 5.53. The largest absolute Gasteiger partial charge is 0.348 e. The second kappa shape index (κ2) is 6.56. The van der Waals surface area contributed by atoms with Gasteiger partial charge in [-0.1, -0.05) is 28.1 Å². The molecule has 2 aromatic heterocycles. The average Bonchev–Trinajstić information content (AvgIpc) is 2.92. The number of aromatic nitrogens is 4. The number of hydrogen-bond donors (Lipinski definition) is 1. The molecular formula is C16H16BrN5O2. The normalized spacial score (nSPS) is 12.3. The summed E-state index contributed by atoms with van der Waals surface area (Å²) < 4.78 is 3.76. The van der Waals surface area contributed by atoms with Crippen LogP contribution in [0.5, 0.6) is 0 Å². The van der Waals surface area contributed by atoms with Gasteiger partial charge in [-0.05, 0) is 24.6 Å². The maximum Gasteiger partial charge on any atom is 0.264 e. The summed E-state index contributed by atoms with van der Waals surface area (Å²) in [4.78, 5) is 28.8. The number of fused-ring (bicyclic) bond motifs is 1. The van der Waals surface area contributed by atoms with Gasteiger partial charge < -0.3 is 5.32 Å². The van der Waals surface area contributed by atoms with E-state index in [-0.39, 0.29) is 24.1 Å². The number of hydrogen-bond acceptors (Lipinski definition) is 4. The van der Waals surface area contributed by atoms with Crippen LogP contribution in [0.3, 0.4) is 0 Å². The number of carbonyl (C=O) groups excluding carboxylic acids is 1. The maximum atomic E-state index is 12.4. The predicted octanol–water partition coefficient (Wildman–Crippen LogP) is 1.77. The number of benzene rings is 1. The van der Waals surface area contributed by atoms with E-state index < -0.39 is 0 Å². The van der Waals surface area contributed by atoms with Gasteiger partial charge in [0.2, 0.25) is 5.91 Å². The molecule has 0 aliphatic carbocycles. The predicted molar refractivity (Wildman–Crippen MR) is 93.5 cm³/mol. The highest BCUT2D eigenvalue weighted by Gasteiger charge is 2.13. The Labute approximate surface area is 146 Å². The Balaban J connectivity index is 1.75. The molecule has 3 aromatic rings. The smallest absolute Gasteiger partial charge is 0.264 e. The lowest BCUT2D eigenvalue weighted by molar-refractivity contribution is -0.122. The van der Waals surface area contributed by atoms with Crippen molar-refractivity contribution < 1.29 is 4.79 Å². The zero-order chi connectivity index (χ0) is 17.3. The van der Waals surface area contributed by atoms with Gasteiger partial charge in [0.25, 0.3) is 5.56 Å². The molecule has 2 heterocycles. The van der Waals surface area contributed by atoms with Crippen LogP contribution in [0.15, 0.2) is 46.1 Å². The van der Waals surface area contributed by atoms with Crippen molar-refractivity contribution in [1.29, 1.82) is 0 Å². The van der Waals surface area contributed by atoms with Gasteiger partial charge in [0.05, 0.1) is 12.2 Å². The quantitative estimate of drug-likeness (QED) is 0.736. The van der Waals surface area contributed by atoms with Gasteiger partial charge in [-0.25, -0.2) is 4.98 Å². The molecule has 1 N–H and O–H groups in total. The minimum absolute atomic E-state index is 0.0883. The highest BCUT2D eigenvalue weighted by Crippen LogP contribution is 2.17. The Bertz CT molecular complexity index is 963. The molecule has 0 bridgehead atoms. The first-order valence-corrected chi connectivity index (χ1v) is 8.17. The summed E-state index contributed by atoms with van der Waals surface area (Å²) in [6, 6.07) is 7.55. The SMILES string of the molecule is CC(NC(=O)Cn1cnc2c(cnn2C)c1=O)c1cccc(Br)c1. The van der Waals surface area contributed by atoms with E-state index in [1.807, 2.05) is 31.2 Å². The minimum atomic E-state index is -0.279. The summed E-state index contributed by atoms with van der Waals surface area (Å²) in [5.74, 6) is -0.255. The first-order valence-electron chi connectivity index (χ1n) is 7.37. The monoisotopic (exact) mass is 389 g/mol. The van der Waals surface area contributed by atoms with Crippen molar-refractivity contribution in [3.8, 4) is 0 Å². The lowest BCUT2D eigenvalue weighted by Gasteiger charge is -2.15. The Morgan fingerprint density at radius 3 is 2.96 bits per heavy atom. The van der Waals surface area contributed by atoms with Gasteiger partial charge in [0, 0.05) is 11.5 Å². The van der Waals surface area contributed by atoms with Crippen molar-refractivity contribution in [3.63, 3.8) is 0 Å². The van der Waals surface area contributed by atoms with Crippen LogP contribution < -0.4 is 10.9 Å². The molecule has 124 valence electrons. The average molecular weight is 390 g/mol. The number of aryl methyl sites for hydroxylation is 1. The Morgan fingerprint density at radius 2 is 2.21 bits per heavy atom. The van der Waals surface area contributed by atoms with Crippen LogP contribution in [0, 0.1) is 0 Å². The zero-order valence-corrected chi connectivity index (χ0v) is 14.8. The molecule has 3 rings (SSSR count). The van der Waals surface area contributed by atoms with E-state index in [0.29, 0.717) is 11.0 Å². The van der Waals surface area contributed by atoms with E-state index >= 15 is 0 Å². The highest BCUT2D eigenvalue weighted by molar-refractivity contribution is 9.10. The second-order valence-corrected chi connectivity index (χ2v) is 6.44. The Hall–Kier alpha value is -2.48. The summed E-state index contributed by atoms with van der Waals surface area (Å²) >= 11 is 3.41. The van der Waals surface area contributed by atoms with Crippen molar-refractivity contribution in [2.45, 2.75) is 19.5 Å². The first-order chi connectivity index (χ1) is 11.5. The van der Waals surface area contributed by atoms with Crippen LogP contribution in [0.1, 0.15) is 18.5 Å². The minimum Gasteiger partial charge on any atom is -0.348 e. The molecule has 0 aliphatic rings. The maximum absolute atomic E-state index is 12.4. The molecule has 0 aliphatic heterocycles. The van der Waals surface area contributed by atoms with Crippen LogP contribution in [-0.4, -0.2) is 25.2 Å². The molecule has 8 heteroatoms. The summed E-state index contributed by atoms with van der Waals surface area (Å²) in [5.41, 5.74) is 1.20. The van der Waals surface area contributed by atoms with Gasteiger partial charge >= 0.3 is 0 Å². The highest BCUT2D eigenvalue weighted by atomic mass is 79.9. The van der Waals surface area contributed by atoms with Crippen molar-refractivity contribution in [2.75, 3.05) is 0 Å². The lowest BCUT2D eigenvalue weighted by Crippen LogP contribution is -2.33. The number of carbonyl (C=O) groups is 1. The lowest BCUT2D eigenvalue weighted by atomic mass is 10.1. The summed E-state index contributed by atoms with van der Waals surface area (Å²) in [6.45, 7) is 1.81. The standard InChI is InChI=1S/C16H16BrN5O2/c1-10(11-4-3-5-12(17)6-11)20-14(23)8-22-9-18-15-13(16(22)24)7-19-21(15)2/h3-7,9-10H,8H2,1-2H3,(H,20,23). The van der Waals surface area contributed by atoms with Crippen molar-refractivity contribution in [2.24, 2.45) is 7.05 Å². The topological polar surface area (TPSA) is 81.8 Å². The van der Waals surface area contributed by atoms with Gasteiger partial charge in [-0.2, -0.15) is 5.10 Å². The van der Waals surface area contributed by atoms with Gasteiger partial charge in [-0.15, -0.1) is 0 Å². The zero-order valence-electron chi connectivity index (χ0n) is 13.2. The number of rotatable bonds is 4. The van der Waals surface area contributed by atoms with E-state index in [1.165, 1.54) is 21.8 Å². The first kappa shape index (κ1) is 16.4. The van der Waals surface area contributed by atoms with Crippen LogP contribution in [0.25, 0.3) is 11.0 Å². The van der Waals surface area contributed by atoms with Crippen molar-refractivity contribution >= 4 is 32.9 Å². The fourth-order valence-corrected chi connectivity index (χ4v) is 2.90. The van der Waals surface area contributed by atoms with E-state index in [0.717, 1.165) is 10.0 Å². The van der Waals surface area contributed by atoms with Crippen molar-refractivity contribution in [3.05, 3.63) is 57.2 Å². The fraction of sp³-hybridized carbons (Fsp3) is 0.250. The summed E-state index contributed by atoms with van der Waals surface area (Å²) in [6.07, 6.45) is 2.83. The summed E-state index contributed by atoms with van der Waals surface area (Å²) in [5, 5.41) is 7.29. The summed E-state index contributed by atoms with van der Waals surface area (Å²) in [7, 11) is 1.71. The molecule has 0 fully saturated rings. The number of halogens is 1. The number of amides is 1. The molecule has 1 atom stereocenters. The molecule has 0 saturated heterocycles. The van der Waals surface area contributed by atoms with Crippen molar-refractivity contribution in [1.82, 2.24) is 24.6 Å².